The number of benzene rings is 2. The van der Waals surface area contributed by atoms with Crippen LogP contribution in [0.4, 0.5) is 4.39 Å². The second kappa shape index (κ2) is 12.2. The normalized spacial score (nSPS) is 15.1. The van der Waals surface area contributed by atoms with Crippen LogP contribution in [0.1, 0.15) is 23.2 Å². The molecule has 0 unspecified atom stereocenters. The smallest absolute Gasteiger partial charge is 0.166 e. The number of piperazine rings is 1. The first kappa shape index (κ1) is 25.3. The van der Waals surface area contributed by atoms with E-state index in [0.29, 0.717) is 0 Å². The van der Waals surface area contributed by atoms with Crippen LogP contribution in [0.5, 0.6) is 0 Å². The summed E-state index contributed by atoms with van der Waals surface area (Å²) in [5, 5.41) is 0.790. The van der Waals surface area contributed by atoms with Crippen molar-refractivity contribution < 1.29 is 4.39 Å². The largest absolute Gasteiger partial charge is 0.333 e. The van der Waals surface area contributed by atoms with Gasteiger partial charge in [-0.05, 0) is 61.0 Å². The number of aromatic nitrogens is 3. The summed E-state index contributed by atoms with van der Waals surface area (Å²) in [4.78, 5) is 18.8. The van der Waals surface area contributed by atoms with Crippen LogP contribution in [-0.4, -0.2) is 63.2 Å². The first-order valence-electron chi connectivity index (χ1n) is 12.5. The average molecular weight is 522 g/mol. The van der Waals surface area contributed by atoms with E-state index < -0.39 is 0 Å². The van der Waals surface area contributed by atoms with Gasteiger partial charge < -0.3 is 9.88 Å². The van der Waals surface area contributed by atoms with E-state index in [0.717, 1.165) is 72.7 Å². The fraction of sp³-hybridized carbons (Fsp3) is 0.357. The molecule has 1 aliphatic heterocycles. The van der Waals surface area contributed by atoms with E-state index >= 15 is 0 Å². The van der Waals surface area contributed by atoms with Gasteiger partial charge in [0.1, 0.15) is 5.82 Å². The van der Waals surface area contributed by atoms with E-state index in [1.165, 1.54) is 34.6 Å². The van der Waals surface area contributed by atoms with Crippen molar-refractivity contribution in [1.82, 2.24) is 24.8 Å². The van der Waals surface area contributed by atoms with Crippen LogP contribution in [0.3, 0.4) is 0 Å². The molecule has 188 valence electrons. The molecule has 36 heavy (non-hydrogen) atoms. The number of imidazole rings is 1. The summed E-state index contributed by atoms with van der Waals surface area (Å²) >= 11 is 3.53. The fourth-order valence-corrected chi connectivity index (χ4v) is 6.40. The molecule has 8 heteroatoms. The van der Waals surface area contributed by atoms with Gasteiger partial charge in [-0.25, -0.2) is 9.37 Å². The third-order valence-electron chi connectivity index (χ3n) is 6.62. The molecule has 1 saturated heterocycles. The van der Waals surface area contributed by atoms with Crippen molar-refractivity contribution in [1.29, 1.82) is 0 Å². The van der Waals surface area contributed by atoms with Gasteiger partial charge in [0.2, 0.25) is 0 Å². The zero-order chi connectivity index (χ0) is 24.7. The van der Waals surface area contributed by atoms with Gasteiger partial charge in [0.25, 0.3) is 0 Å². The highest BCUT2D eigenvalue weighted by molar-refractivity contribution is 7.99. The molecule has 5 rings (SSSR count). The number of thioether (sulfide) groups is 2. The minimum absolute atomic E-state index is 0.254. The molecule has 4 aromatic rings. The molecule has 0 aliphatic carbocycles. The van der Waals surface area contributed by atoms with Gasteiger partial charge in [-0.3, -0.25) is 9.88 Å². The van der Waals surface area contributed by atoms with Crippen molar-refractivity contribution in [2.24, 2.45) is 0 Å². The van der Waals surface area contributed by atoms with Crippen LogP contribution >= 0.6 is 23.5 Å². The lowest BCUT2D eigenvalue weighted by molar-refractivity contribution is 0.127. The van der Waals surface area contributed by atoms with Gasteiger partial charge >= 0.3 is 0 Å². The molecule has 0 bridgehead atoms. The summed E-state index contributed by atoms with van der Waals surface area (Å²) in [6, 6.07) is 17.5. The Morgan fingerprint density at radius 2 is 1.78 bits per heavy atom. The summed E-state index contributed by atoms with van der Waals surface area (Å²) < 4.78 is 13.4. The first-order valence-corrected chi connectivity index (χ1v) is 14.4. The van der Waals surface area contributed by atoms with Gasteiger partial charge in [-0.1, -0.05) is 42.1 Å². The maximum absolute atomic E-state index is 13.4. The number of nitrogens with one attached hydrogen (secondary N) is 1. The minimum atomic E-state index is -0.254. The Bertz CT molecular complexity index is 1270. The molecule has 2 aromatic heterocycles. The zero-order valence-electron chi connectivity index (χ0n) is 20.6. The zero-order valence-corrected chi connectivity index (χ0v) is 22.3. The summed E-state index contributed by atoms with van der Waals surface area (Å²) in [5.41, 5.74) is 5.23. The Morgan fingerprint density at radius 3 is 2.61 bits per heavy atom. The number of hydrogen-bond donors (Lipinski definition) is 1. The molecule has 2 aromatic carbocycles. The molecule has 1 fully saturated rings. The first-order chi connectivity index (χ1) is 17.6. The molecule has 0 atom stereocenters. The van der Waals surface area contributed by atoms with Crippen LogP contribution in [0.2, 0.25) is 0 Å². The van der Waals surface area contributed by atoms with Gasteiger partial charge in [0.05, 0.1) is 16.7 Å². The van der Waals surface area contributed by atoms with Gasteiger partial charge in [0, 0.05) is 49.6 Å². The lowest BCUT2D eigenvalue weighted by Crippen LogP contribution is -2.46. The Morgan fingerprint density at radius 1 is 0.972 bits per heavy atom. The van der Waals surface area contributed by atoms with Crippen LogP contribution in [-0.2, 0) is 12.3 Å². The highest BCUT2D eigenvalue weighted by Gasteiger charge is 2.16. The Balaban J connectivity index is 1.05. The number of pyridine rings is 1. The summed E-state index contributed by atoms with van der Waals surface area (Å²) in [7, 11) is 0. The molecule has 3 heterocycles. The van der Waals surface area contributed by atoms with E-state index in [1.807, 2.05) is 18.0 Å². The number of rotatable bonds is 10. The van der Waals surface area contributed by atoms with E-state index in [1.54, 1.807) is 17.8 Å². The van der Waals surface area contributed by atoms with Crippen LogP contribution < -0.4 is 0 Å². The maximum Gasteiger partial charge on any atom is 0.166 e. The van der Waals surface area contributed by atoms with Crippen molar-refractivity contribution in [3.8, 4) is 0 Å². The Hall–Kier alpha value is -2.39. The SMILES string of the molecule is Cc1c(SCCCN2CCN(Cc3ccccc3)CC2)ccnc1CSc1nc2ccc(F)cc2[nH]1. The number of fused-ring (bicyclic) bond motifs is 1. The lowest BCUT2D eigenvalue weighted by Gasteiger charge is -2.34. The van der Waals surface area contributed by atoms with Crippen LogP contribution in [0.25, 0.3) is 11.0 Å². The molecule has 0 saturated carbocycles. The monoisotopic (exact) mass is 521 g/mol. The predicted octanol–water partition coefficient (Wildman–Crippen LogP) is 6.00. The van der Waals surface area contributed by atoms with Crippen molar-refractivity contribution in [3.63, 3.8) is 0 Å². The number of H-pyrrole nitrogens is 1. The quantitative estimate of drug-likeness (QED) is 0.204. The van der Waals surface area contributed by atoms with Gasteiger partial charge in [0.15, 0.2) is 5.16 Å². The molecular weight excluding hydrogens is 489 g/mol. The second-order valence-electron chi connectivity index (χ2n) is 9.18. The van der Waals surface area contributed by atoms with Gasteiger partial charge in [-0.15, -0.1) is 11.8 Å². The maximum atomic E-state index is 13.4. The van der Waals surface area contributed by atoms with E-state index in [-0.39, 0.29) is 5.82 Å². The highest BCUT2D eigenvalue weighted by atomic mass is 32.2. The van der Waals surface area contributed by atoms with Crippen LogP contribution in [0.15, 0.2) is 70.8 Å². The molecular formula is C28H32FN5S2. The van der Waals surface area contributed by atoms with Crippen molar-refractivity contribution in [2.45, 2.75) is 35.7 Å². The molecule has 0 amide bonds. The third kappa shape index (κ3) is 6.68. The third-order valence-corrected chi connectivity index (χ3v) is 8.75. The van der Waals surface area contributed by atoms with Crippen LogP contribution in [0, 0.1) is 12.7 Å². The van der Waals surface area contributed by atoms with E-state index in [4.69, 9.17) is 0 Å². The van der Waals surface area contributed by atoms with Gasteiger partial charge in [-0.2, -0.15) is 0 Å². The fourth-order valence-electron chi connectivity index (χ4n) is 4.51. The number of aromatic amines is 1. The number of hydrogen-bond acceptors (Lipinski definition) is 6. The lowest BCUT2D eigenvalue weighted by atomic mass is 10.2. The molecule has 0 spiro atoms. The Labute approximate surface area is 220 Å². The van der Waals surface area contributed by atoms with E-state index in [2.05, 4.69) is 68.1 Å². The highest BCUT2D eigenvalue weighted by Crippen LogP contribution is 2.29. The van der Waals surface area contributed by atoms with Crippen molar-refractivity contribution in [2.75, 3.05) is 38.5 Å². The summed E-state index contributed by atoms with van der Waals surface area (Å²) in [6.07, 6.45) is 3.09. The number of halogens is 1. The van der Waals surface area contributed by atoms with Crippen molar-refractivity contribution >= 4 is 34.6 Å². The summed E-state index contributed by atoms with van der Waals surface area (Å²) in [6.45, 7) is 8.97. The average Bonchev–Trinajstić information content (AvgIpc) is 3.30. The minimum Gasteiger partial charge on any atom is -0.333 e. The second-order valence-corrected chi connectivity index (χ2v) is 11.3. The standard InChI is InChI=1S/C28H32FN5S2/c1-21-26(20-36-28-31-24-9-8-23(29)18-25(24)32-28)30-11-10-27(21)35-17-5-12-33-13-15-34(16-14-33)19-22-6-3-2-4-7-22/h2-4,6-11,18H,5,12-17,19-20H2,1H3,(H,31,32). The predicted molar refractivity (Wildman–Crippen MR) is 148 cm³/mol. The Kier molecular flexibility index (Phi) is 8.59. The molecule has 1 N–H and O–H groups in total. The molecule has 5 nitrogen and oxygen atoms in total. The molecule has 1 aliphatic rings. The van der Waals surface area contributed by atoms with E-state index in [9.17, 15) is 4.39 Å². The van der Waals surface area contributed by atoms with Crippen molar-refractivity contribution in [3.05, 3.63) is 83.4 Å². The summed E-state index contributed by atoms with van der Waals surface area (Å²) in [5.74, 6) is 1.59. The molecule has 0 radical (unpaired) electrons. The topological polar surface area (TPSA) is 48.1 Å². The number of nitrogens with zero attached hydrogens (tertiary/aromatic N) is 4.